The molecule has 0 aromatic heterocycles. The van der Waals surface area contributed by atoms with Crippen molar-refractivity contribution in [3.63, 3.8) is 0 Å². The number of nitrogens with one attached hydrogen (secondary N) is 1. The van der Waals surface area contributed by atoms with Crippen molar-refractivity contribution in [3.05, 3.63) is 0 Å². The zero-order valence-corrected chi connectivity index (χ0v) is 12.3. The fourth-order valence-electron chi connectivity index (χ4n) is 6.16. The first-order chi connectivity index (χ1) is 9.68. The lowest BCUT2D eigenvalue weighted by molar-refractivity contribution is -0.166. The summed E-state index contributed by atoms with van der Waals surface area (Å²) in [5.41, 5.74) is -0.574. The monoisotopic (exact) mass is 277 g/mol. The van der Waals surface area contributed by atoms with Crippen LogP contribution in [0, 0.1) is 23.7 Å². The number of aliphatic carboxylic acids is 1. The minimum Gasteiger partial charge on any atom is -0.480 e. The second kappa shape index (κ2) is 4.72. The molecular formula is C17H27NO2. The molecule has 0 aromatic carbocycles. The number of carboxylic acids is 1. The van der Waals surface area contributed by atoms with Crippen LogP contribution in [0.25, 0.3) is 0 Å². The maximum absolute atomic E-state index is 12.2. The standard InChI is InChI=1S/C17H27NO2/c19-16(20)17(18-15-4-2-1-3-5-15)13-7-11-6-12(9-13)10-14(17)8-11/h11-15,18H,1-10H2,(H,19,20). The van der Waals surface area contributed by atoms with Gasteiger partial charge in [0.1, 0.15) is 5.54 Å². The van der Waals surface area contributed by atoms with E-state index < -0.39 is 11.5 Å². The van der Waals surface area contributed by atoms with Gasteiger partial charge in [0.25, 0.3) is 0 Å². The van der Waals surface area contributed by atoms with E-state index in [4.69, 9.17) is 0 Å². The highest BCUT2D eigenvalue weighted by molar-refractivity contribution is 5.80. The molecule has 20 heavy (non-hydrogen) atoms. The third-order valence-electron chi connectivity index (χ3n) is 6.83. The zero-order chi connectivity index (χ0) is 13.7. The van der Waals surface area contributed by atoms with E-state index in [1.807, 2.05) is 0 Å². The van der Waals surface area contributed by atoms with E-state index in [1.165, 1.54) is 64.2 Å². The second-order valence-electron chi connectivity index (χ2n) is 7.96. The molecule has 4 bridgehead atoms. The van der Waals surface area contributed by atoms with Crippen molar-refractivity contribution < 1.29 is 9.90 Å². The van der Waals surface area contributed by atoms with Gasteiger partial charge in [-0.2, -0.15) is 0 Å². The summed E-state index contributed by atoms with van der Waals surface area (Å²) in [4.78, 5) is 12.2. The third-order valence-corrected chi connectivity index (χ3v) is 6.83. The molecule has 3 heteroatoms. The van der Waals surface area contributed by atoms with Gasteiger partial charge in [-0.05, 0) is 68.6 Å². The largest absolute Gasteiger partial charge is 0.480 e. The van der Waals surface area contributed by atoms with Crippen LogP contribution in [0.5, 0.6) is 0 Å². The van der Waals surface area contributed by atoms with Crippen molar-refractivity contribution in [2.24, 2.45) is 23.7 Å². The van der Waals surface area contributed by atoms with Crippen molar-refractivity contribution in [2.45, 2.75) is 75.8 Å². The average molecular weight is 277 g/mol. The summed E-state index contributed by atoms with van der Waals surface area (Å²) >= 11 is 0. The van der Waals surface area contributed by atoms with Crippen molar-refractivity contribution in [2.75, 3.05) is 0 Å². The Kier molecular flexibility index (Phi) is 3.10. The van der Waals surface area contributed by atoms with Crippen LogP contribution in [0.1, 0.15) is 64.2 Å². The highest BCUT2D eigenvalue weighted by Crippen LogP contribution is 2.58. The van der Waals surface area contributed by atoms with Crippen molar-refractivity contribution in [1.82, 2.24) is 5.32 Å². The molecule has 5 fully saturated rings. The van der Waals surface area contributed by atoms with E-state index in [9.17, 15) is 9.90 Å². The van der Waals surface area contributed by atoms with E-state index in [0.717, 1.165) is 11.8 Å². The highest BCUT2D eigenvalue weighted by atomic mass is 16.4. The zero-order valence-electron chi connectivity index (χ0n) is 12.3. The molecule has 3 nitrogen and oxygen atoms in total. The van der Waals surface area contributed by atoms with Gasteiger partial charge in [0.05, 0.1) is 0 Å². The molecule has 5 aliphatic rings. The summed E-state index contributed by atoms with van der Waals surface area (Å²) in [6.45, 7) is 0. The Balaban J connectivity index is 1.61. The Bertz CT molecular complexity index is 372. The van der Waals surface area contributed by atoms with Gasteiger partial charge < -0.3 is 5.11 Å². The average Bonchev–Trinajstić information content (AvgIpc) is 2.43. The normalized spacial score (nSPS) is 47.6. The molecule has 0 radical (unpaired) electrons. The first-order valence-electron chi connectivity index (χ1n) is 8.69. The Labute approximate surface area is 121 Å². The number of hydrogen-bond acceptors (Lipinski definition) is 2. The Hall–Kier alpha value is -0.570. The van der Waals surface area contributed by atoms with Crippen LogP contribution in [0.2, 0.25) is 0 Å². The molecular weight excluding hydrogens is 250 g/mol. The topological polar surface area (TPSA) is 49.3 Å². The van der Waals surface area contributed by atoms with Gasteiger partial charge in [0.2, 0.25) is 0 Å². The lowest BCUT2D eigenvalue weighted by Gasteiger charge is -2.60. The predicted octanol–water partition coefficient (Wildman–Crippen LogP) is 3.19. The molecule has 0 aliphatic heterocycles. The summed E-state index contributed by atoms with van der Waals surface area (Å²) in [5.74, 6) is 1.92. The Morgan fingerprint density at radius 3 is 1.95 bits per heavy atom. The van der Waals surface area contributed by atoms with Gasteiger partial charge in [0, 0.05) is 6.04 Å². The van der Waals surface area contributed by atoms with E-state index >= 15 is 0 Å². The van der Waals surface area contributed by atoms with Crippen LogP contribution < -0.4 is 5.32 Å². The number of carboxylic acid groups (broad SMARTS) is 1. The highest BCUT2D eigenvalue weighted by Gasteiger charge is 2.61. The van der Waals surface area contributed by atoms with E-state index in [0.29, 0.717) is 17.9 Å². The second-order valence-corrected chi connectivity index (χ2v) is 7.96. The van der Waals surface area contributed by atoms with Crippen LogP contribution in [0.4, 0.5) is 0 Å². The van der Waals surface area contributed by atoms with Gasteiger partial charge in [-0.1, -0.05) is 19.3 Å². The Morgan fingerprint density at radius 2 is 1.45 bits per heavy atom. The van der Waals surface area contributed by atoms with Crippen LogP contribution >= 0.6 is 0 Å². The summed E-state index contributed by atoms with van der Waals surface area (Å²) < 4.78 is 0. The minimum absolute atomic E-state index is 0.401. The van der Waals surface area contributed by atoms with Crippen LogP contribution in [0.15, 0.2) is 0 Å². The first-order valence-corrected chi connectivity index (χ1v) is 8.69. The van der Waals surface area contributed by atoms with Gasteiger partial charge >= 0.3 is 5.97 Å². The number of carbonyl (C=O) groups is 1. The predicted molar refractivity (Wildman–Crippen MR) is 77.4 cm³/mol. The molecule has 5 saturated carbocycles. The SMILES string of the molecule is O=C(O)C1(NC2CCCCC2)C2CC3CC(C2)CC1C3. The van der Waals surface area contributed by atoms with Crippen LogP contribution in [-0.2, 0) is 4.79 Å². The summed E-state index contributed by atoms with van der Waals surface area (Å²) in [6, 6.07) is 0.456. The molecule has 0 unspecified atom stereocenters. The maximum atomic E-state index is 12.2. The number of rotatable bonds is 3. The molecule has 0 aromatic rings. The van der Waals surface area contributed by atoms with E-state index in [2.05, 4.69) is 5.32 Å². The maximum Gasteiger partial charge on any atom is 0.324 e. The van der Waals surface area contributed by atoms with Crippen molar-refractivity contribution >= 4 is 5.97 Å². The Morgan fingerprint density at radius 1 is 0.900 bits per heavy atom. The lowest BCUT2D eigenvalue weighted by atomic mass is 9.48. The van der Waals surface area contributed by atoms with Gasteiger partial charge in [-0.15, -0.1) is 0 Å². The third kappa shape index (κ3) is 1.85. The van der Waals surface area contributed by atoms with Crippen molar-refractivity contribution in [3.8, 4) is 0 Å². The molecule has 2 N–H and O–H groups in total. The summed E-state index contributed by atoms with van der Waals surface area (Å²) in [5, 5.41) is 13.8. The van der Waals surface area contributed by atoms with Crippen LogP contribution in [-0.4, -0.2) is 22.7 Å². The first kappa shape index (κ1) is 13.1. The lowest BCUT2D eigenvalue weighted by Crippen LogP contribution is -2.70. The van der Waals surface area contributed by atoms with Gasteiger partial charge in [-0.25, -0.2) is 0 Å². The quantitative estimate of drug-likeness (QED) is 0.833. The van der Waals surface area contributed by atoms with Gasteiger partial charge in [-0.3, -0.25) is 10.1 Å². The molecule has 5 aliphatic carbocycles. The van der Waals surface area contributed by atoms with E-state index in [-0.39, 0.29) is 0 Å². The fraction of sp³-hybridized carbons (Fsp3) is 0.941. The molecule has 5 rings (SSSR count). The molecule has 0 amide bonds. The van der Waals surface area contributed by atoms with Gasteiger partial charge in [0.15, 0.2) is 0 Å². The van der Waals surface area contributed by atoms with Crippen LogP contribution in [0.3, 0.4) is 0 Å². The molecule has 0 spiro atoms. The number of hydrogen-bond donors (Lipinski definition) is 2. The fourth-order valence-corrected chi connectivity index (χ4v) is 6.16. The molecule has 0 atom stereocenters. The molecule has 0 saturated heterocycles. The van der Waals surface area contributed by atoms with E-state index in [1.54, 1.807) is 0 Å². The molecule has 0 heterocycles. The smallest absolute Gasteiger partial charge is 0.324 e. The summed E-state index contributed by atoms with van der Waals surface area (Å²) in [7, 11) is 0. The van der Waals surface area contributed by atoms with Crippen molar-refractivity contribution in [1.29, 1.82) is 0 Å². The summed E-state index contributed by atoms with van der Waals surface area (Å²) in [6.07, 6.45) is 12.3. The molecule has 112 valence electrons. The minimum atomic E-state index is -0.574.